The van der Waals surface area contributed by atoms with E-state index in [0.717, 1.165) is 27.4 Å². The van der Waals surface area contributed by atoms with E-state index in [-0.39, 0.29) is 5.57 Å². The molecule has 0 radical (unpaired) electrons. The van der Waals surface area contributed by atoms with Crippen molar-refractivity contribution >= 4 is 28.5 Å². The van der Waals surface area contributed by atoms with Gasteiger partial charge in [-0.15, -0.1) is 10.2 Å². The molecule has 3 aromatic carbocycles. The number of nitrogens with one attached hydrogen (secondary N) is 1. The van der Waals surface area contributed by atoms with Gasteiger partial charge in [-0.3, -0.25) is 10.1 Å². The summed E-state index contributed by atoms with van der Waals surface area (Å²) in [6.45, 7) is 4.70. The van der Waals surface area contributed by atoms with E-state index in [1.165, 1.54) is 24.5 Å². The maximum absolute atomic E-state index is 12.7. The summed E-state index contributed by atoms with van der Waals surface area (Å²) in [6, 6.07) is 23.1. The summed E-state index contributed by atoms with van der Waals surface area (Å²) in [7, 11) is 1.53. The molecular weight excluding hydrogens is 512 g/mol. The lowest BCUT2D eigenvalue weighted by Crippen LogP contribution is -2.13. The van der Waals surface area contributed by atoms with Crippen LogP contribution < -0.4 is 19.5 Å². The van der Waals surface area contributed by atoms with Crippen molar-refractivity contribution in [2.75, 3.05) is 25.6 Å². The molecule has 4 aromatic rings. The summed E-state index contributed by atoms with van der Waals surface area (Å²) in [5.41, 5.74) is 3.82. The number of aromatic nitrogens is 2. The van der Waals surface area contributed by atoms with Gasteiger partial charge in [0.25, 0.3) is 5.91 Å². The Morgan fingerprint density at radius 2 is 1.74 bits per heavy atom. The number of hydrogen-bond donors (Lipinski definition) is 1. The van der Waals surface area contributed by atoms with Crippen molar-refractivity contribution in [2.45, 2.75) is 20.3 Å². The molecule has 0 aliphatic rings. The molecule has 9 heteroatoms. The molecule has 0 fully saturated rings. The highest BCUT2D eigenvalue weighted by molar-refractivity contribution is 7.15. The van der Waals surface area contributed by atoms with Crippen molar-refractivity contribution in [3.63, 3.8) is 0 Å². The third-order valence-corrected chi connectivity index (χ3v) is 6.53. The first kappa shape index (κ1) is 27.4. The topological polar surface area (TPSA) is 106 Å². The Balaban J connectivity index is 1.36. The van der Waals surface area contributed by atoms with Crippen molar-refractivity contribution < 1.29 is 19.0 Å². The van der Waals surface area contributed by atoms with Gasteiger partial charge in [-0.05, 0) is 60.4 Å². The zero-order valence-electron chi connectivity index (χ0n) is 21.9. The SMILES string of the molecule is COc1cc(/C=C(/C#N)C(=O)Nc2nnc(Cc3ccccc3)s2)ccc1OCCOc1cc(C)ccc1C. The van der Waals surface area contributed by atoms with E-state index in [9.17, 15) is 10.1 Å². The lowest BCUT2D eigenvalue weighted by Gasteiger charge is -2.13. The molecule has 4 rings (SSSR count). The van der Waals surface area contributed by atoms with Gasteiger partial charge in [0, 0.05) is 6.42 Å². The molecule has 1 amide bonds. The van der Waals surface area contributed by atoms with Crippen molar-refractivity contribution in [1.29, 1.82) is 5.26 Å². The fourth-order valence-corrected chi connectivity index (χ4v) is 4.45. The van der Waals surface area contributed by atoms with Crippen LogP contribution in [0.2, 0.25) is 0 Å². The van der Waals surface area contributed by atoms with Gasteiger partial charge in [-0.25, -0.2) is 0 Å². The number of carbonyl (C=O) groups is 1. The number of ether oxygens (including phenoxy) is 3. The maximum Gasteiger partial charge on any atom is 0.268 e. The van der Waals surface area contributed by atoms with E-state index in [4.69, 9.17) is 14.2 Å². The molecule has 8 nitrogen and oxygen atoms in total. The highest BCUT2D eigenvalue weighted by Crippen LogP contribution is 2.29. The minimum atomic E-state index is -0.567. The fraction of sp³-hybridized carbons (Fsp3) is 0.200. The summed E-state index contributed by atoms with van der Waals surface area (Å²) < 4.78 is 17.2. The minimum absolute atomic E-state index is 0.0764. The van der Waals surface area contributed by atoms with Crippen LogP contribution in [-0.4, -0.2) is 36.4 Å². The fourth-order valence-electron chi connectivity index (χ4n) is 3.69. The van der Waals surface area contributed by atoms with E-state index in [2.05, 4.69) is 15.5 Å². The van der Waals surface area contributed by atoms with Gasteiger partial charge in [0.15, 0.2) is 11.5 Å². The average molecular weight is 541 g/mol. The highest BCUT2D eigenvalue weighted by Gasteiger charge is 2.14. The smallest absolute Gasteiger partial charge is 0.268 e. The number of aryl methyl sites for hydroxylation is 2. The number of anilines is 1. The number of rotatable bonds is 11. The van der Waals surface area contributed by atoms with E-state index in [1.807, 2.05) is 68.4 Å². The molecule has 0 aliphatic heterocycles. The molecule has 0 unspecified atom stereocenters. The number of hydrogen-bond acceptors (Lipinski definition) is 8. The van der Waals surface area contributed by atoms with Crippen LogP contribution in [0, 0.1) is 25.2 Å². The van der Waals surface area contributed by atoms with Crippen molar-refractivity contribution in [1.82, 2.24) is 10.2 Å². The molecule has 0 saturated heterocycles. The molecule has 0 atom stereocenters. The van der Waals surface area contributed by atoms with Gasteiger partial charge in [0.05, 0.1) is 7.11 Å². The second-order valence-corrected chi connectivity index (χ2v) is 9.73. The van der Waals surface area contributed by atoms with Gasteiger partial charge in [0.1, 0.15) is 35.6 Å². The Morgan fingerprint density at radius 1 is 0.974 bits per heavy atom. The van der Waals surface area contributed by atoms with Crippen LogP contribution in [0.25, 0.3) is 6.08 Å². The van der Waals surface area contributed by atoms with E-state index in [1.54, 1.807) is 18.2 Å². The Labute approximate surface area is 231 Å². The normalized spacial score (nSPS) is 11.0. The average Bonchev–Trinajstić information content (AvgIpc) is 3.38. The number of nitriles is 1. The molecule has 1 heterocycles. The summed E-state index contributed by atoms with van der Waals surface area (Å²) in [5.74, 6) is 1.27. The Bertz CT molecular complexity index is 1510. The van der Waals surface area contributed by atoms with Crippen LogP contribution >= 0.6 is 11.3 Å². The number of carbonyl (C=O) groups excluding carboxylic acids is 1. The third kappa shape index (κ3) is 7.66. The lowest BCUT2D eigenvalue weighted by atomic mass is 10.1. The Morgan fingerprint density at radius 3 is 2.49 bits per heavy atom. The van der Waals surface area contributed by atoms with E-state index in [0.29, 0.717) is 41.8 Å². The van der Waals surface area contributed by atoms with E-state index >= 15 is 0 Å². The number of benzene rings is 3. The first-order valence-corrected chi connectivity index (χ1v) is 13.1. The van der Waals surface area contributed by atoms with Crippen molar-refractivity contribution in [3.05, 3.63) is 99.6 Å². The monoisotopic (exact) mass is 540 g/mol. The Kier molecular flexibility index (Phi) is 9.27. The van der Waals surface area contributed by atoms with Crippen LogP contribution in [0.5, 0.6) is 17.2 Å². The molecule has 0 saturated carbocycles. The number of nitrogens with zero attached hydrogens (tertiary/aromatic N) is 3. The standard InChI is InChI=1S/C30H28N4O4S/c1-20-9-10-21(2)26(15-20)38-14-13-37-25-12-11-23(17-27(25)36-3)16-24(19-31)29(35)32-30-34-33-28(39-30)18-22-7-5-4-6-8-22/h4-12,15-17H,13-14,18H2,1-3H3,(H,32,34,35)/b24-16-. The second-order valence-electron chi connectivity index (χ2n) is 8.66. The van der Waals surface area contributed by atoms with E-state index < -0.39 is 5.91 Å². The van der Waals surface area contributed by atoms with Crippen LogP contribution in [0.4, 0.5) is 5.13 Å². The summed E-state index contributed by atoms with van der Waals surface area (Å²) >= 11 is 1.27. The van der Waals surface area contributed by atoms with Crippen LogP contribution in [0.3, 0.4) is 0 Å². The largest absolute Gasteiger partial charge is 0.493 e. The molecule has 1 N–H and O–H groups in total. The predicted octanol–water partition coefficient (Wildman–Crippen LogP) is 5.76. The molecule has 1 aromatic heterocycles. The molecule has 0 spiro atoms. The van der Waals surface area contributed by atoms with Crippen LogP contribution in [0.15, 0.2) is 72.3 Å². The molecule has 0 bridgehead atoms. The third-order valence-electron chi connectivity index (χ3n) is 5.69. The van der Waals surface area contributed by atoms with Gasteiger partial charge in [-0.2, -0.15) is 5.26 Å². The van der Waals surface area contributed by atoms with Crippen molar-refractivity contribution in [2.24, 2.45) is 0 Å². The second kappa shape index (κ2) is 13.2. The first-order valence-electron chi connectivity index (χ1n) is 12.3. The van der Waals surface area contributed by atoms with Crippen LogP contribution in [-0.2, 0) is 11.2 Å². The van der Waals surface area contributed by atoms with Gasteiger partial charge >= 0.3 is 0 Å². The van der Waals surface area contributed by atoms with Crippen LogP contribution in [0.1, 0.15) is 27.3 Å². The van der Waals surface area contributed by atoms with Gasteiger partial charge in [0.2, 0.25) is 5.13 Å². The summed E-state index contributed by atoms with van der Waals surface area (Å²) in [5, 5.41) is 21.5. The quantitative estimate of drug-likeness (QED) is 0.146. The predicted molar refractivity (Wildman–Crippen MR) is 151 cm³/mol. The number of amides is 1. The molecular formula is C30H28N4O4S. The zero-order valence-corrected chi connectivity index (χ0v) is 22.7. The molecule has 198 valence electrons. The van der Waals surface area contributed by atoms with Gasteiger partial charge < -0.3 is 14.2 Å². The summed E-state index contributed by atoms with van der Waals surface area (Å²) in [6.07, 6.45) is 2.10. The Hall–Kier alpha value is -4.68. The minimum Gasteiger partial charge on any atom is -0.493 e. The lowest BCUT2D eigenvalue weighted by molar-refractivity contribution is -0.112. The maximum atomic E-state index is 12.7. The molecule has 0 aliphatic carbocycles. The molecule has 39 heavy (non-hydrogen) atoms. The first-order chi connectivity index (χ1) is 18.9. The van der Waals surface area contributed by atoms with Crippen molar-refractivity contribution in [3.8, 4) is 23.3 Å². The number of methoxy groups -OCH3 is 1. The highest BCUT2D eigenvalue weighted by atomic mass is 32.1. The zero-order chi connectivity index (χ0) is 27.6. The summed E-state index contributed by atoms with van der Waals surface area (Å²) in [4.78, 5) is 12.7. The van der Waals surface area contributed by atoms with Gasteiger partial charge in [-0.1, -0.05) is 59.9 Å².